The molecule has 0 bridgehead atoms. The Kier molecular flexibility index (Phi) is 5.65. The molecule has 3 N–H and O–H groups in total. The number of aryl methyl sites for hydroxylation is 1. The number of hydrogen-bond acceptors (Lipinski definition) is 3. The standard InChI is InChI=1S/C14H23N3O/c1-11-5-7-13(8-6-11)17(10-4-9-15)12(2)14(18)16-3/h5-8,12H,4,9-10,15H2,1-3H3,(H,16,18). The Morgan fingerprint density at radius 1 is 1.39 bits per heavy atom. The molecule has 0 aliphatic carbocycles. The van der Waals surface area contributed by atoms with Crippen LogP contribution in [0.4, 0.5) is 5.69 Å². The fourth-order valence-corrected chi connectivity index (χ4v) is 1.89. The summed E-state index contributed by atoms with van der Waals surface area (Å²) in [5, 5.41) is 2.69. The lowest BCUT2D eigenvalue weighted by Crippen LogP contribution is -2.45. The predicted octanol–water partition coefficient (Wildman–Crippen LogP) is 1.28. The molecule has 0 aliphatic heterocycles. The first-order chi connectivity index (χ1) is 8.60. The third-order valence-corrected chi connectivity index (χ3v) is 3.06. The van der Waals surface area contributed by atoms with Crippen LogP contribution < -0.4 is 16.0 Å². The van der Waals surface area contributed by atoms with Crippen molar-refractivity contribution in [1.82, 2.24) is 5.32 Å². The molecule has 0 radical (unpaired) electrons. The van der Waals surface area contributed by atoms with Crippen LogP contribution >= 0.6 is 0 Å². The molecule has 0 spiro atoms. The molecule has 1 unspecified atom stereocenters. The summed E-state index contributed by atoms with van der Waals surface area (Å²) < 4.78 is 0. The van der Waals surface area contributed by atoms with Gasteiger partial charge >= 0.3 is 0 Å². The van der Waals surface area contributed by atoms with Crippen LogP contribution in [0.5, 0.6) is 0 Å². The van der Waals surface area contributed by atoms with Gasteiger partial charge in [-0.15, -0.1) is 0 Å². The Labute approximate surface area is 109 Å². The van der Waals surface area contributed by atoms with E-state index in [1.165, 1.54) is 5.56 Å². The van der Waals surface area contributed by atoms with Crippen LogP contribution in [0.2, 0.25) is 0 Å². The summed E-state index contributed by atoms with van der Waals surface area (Å²) >= 11 is 0. The molecule has 0 aromatic heterocycles. The number of nitrogens with two attached hydrogens (primary N) is 1. The molecule has 4 heteroatoms. The number of rotatable bonds is 6. The minimum atomic E-state index is -0.191. The van der Waals surface area contributed by atoms with Crippen molar-refractivity contribution in [3.63, 3.8) is 0 Å². The van der Waals surface area contributed by atoms with E-state index in [0.29, 0.717) is 6.54 Å². The maximum Gasteiger partial charge on any atom is 0.242 e. The van der Waals surface area contributed by atoms with E-state index in [1.807, 2.05) is 19.1 Å². The number of nitrogens with zero attached hydrogens (tertiary/aromatic N) is 1. The molecule has 0 fully saturated rings. The van der Waals surface area contributed by atoms with E-state index in [2.05, 4.69) is 29.3 Å². The first-order valence-corrected chi connectivity index (χ1v) is 6.35. The number of amides is 1. The minimum absolute atomic E-state index is 0.0209. The maximum atomic E-state index is 11.8. The van der Waals surface area contributed by atoms with Gasteiger partial charge in [0, 0.05) is 19.3 Å². The highest BCUT2D eigenvalue weighted by molar-refractivity contribution is 5.84. The summed E-state index contributed by atoms with van der Waals surface area (Å²) in [6.07, 6.45) is 0.870. The highest BCUT2D eigenvalue weighted by Crippen LogP contribution is 2.18. The fourth-order valence-electron chi connectivity index (χ4n) is 1.89. The van der Waals surface area contributed by atoms with Crippen molar-refractivity contribution < 1.29 is 4.79 Å². The molecule has 1 aromatic carbocycles. The van der Waals surface area contributed by atoms with E-state index in [-0.39, 0.29) is 11.9 Å². The molecule has 18 heavy (non-hydrogen) atoms. The summed E-state index contributed by atoms with van der Waals surface area (Å²) in [5.41, 5.74) is 7.83. The molecule has 0 aliphatic rings. The van der Waals surface area contributed by atoms with Crippen molar-refractivity contribution in [2.75, 3.05) is 25.0 Å². The molecular formula is C14H23N3O. The quantitative estimate of drug-likeness (QED) is 0.798. The molecule has 0 saturated heterocycles. The molecule has 0 heterocycles. The fraction of sp³-hybridized carbons (Fsp3) is 0.500. The second kappa shape index (κ2) is 7.01. The number of anilines is 1. The van der Waals surface area contributed by atoms with Gasteiger partial charge in [0.15, 0.2) is 0 Å². The Morgan fingerprint density at radius 2 is 2.00 bits per heavy atom. The molecule has 1 atom stereocenters. The number of hydrogen-bond donors (Lipinski definition) is 2. The van der Waals surface area contributed by atoms with E-state index in [0.717, 1.165) is 18.7 Å². The minimum Gasteiger partial charge on any atom is -0.360 e. The summed E-state index contributed by atoms with van der Waals surface area (Å²) in [6.45, 7) is 5.38. The molecule has 100 valence electrons. The van der Waals surface area contributed by atoms with Crippen LogP contribution in [0.25, 0.3) is 0 Å². The Bertz CT molecular complexity index is 375. The molecule has 1 amide bonds. The monoisotopic (exact) mass is 249 g/mol. The van der Waals surface area contributed by atoms with Crippen molar-refractivity contribution in [3.8, 4) is 0 Å². The van der Waals surface area contributed by atoms with Gasteiger partial charge in [0.05, 0.1) is 0 Å². The average Bonchev–Trinajstić information content (AvgIpc) is 2.39. The Morgan fingerprint density at radius 3 is 2.50 bits per heavy atom. The summed E-state index contributed by atoms with van der Waals surface area (Å²) in [6, 6.07) is 8.02. The van der Waals surface area contributed by atoms with E-state index in [1.54, 1.807) is 7.05 Å². The van der Waals surface area contributed by atoms with Gasteiger partial charge in [0.2, 0.25) is 5.91 Å². The third-order valence-electron chi connectivity index (χ3n) is 3.06. The zero-order valence-electron chi connectivity index (χ0n) is 11.4. The largest absolute Gasteiger partial charge is 0.360 e. The van der Waals surface area contributed by atoms with Gasteiger partial charge in [0.1, 0.15) is 6.04 Å². The molecule has 1 rings (SSSR count). The second-order valence-corrected chi connectivity index (χ2v) is 4.46. The van der Waals surface area contributed by atoms with Crippen LogP contribution in [-0.4, -0.2) is 32.1 Å². The highest BCUT2D eigenvalue weighted by Gasteiger charge is 2.19. The van der Waals surface area contributed by atoms with Gasteiger partial charge in [-0.1, -0.05) is 17.7 Å². The normalized spacial score (nSPS) is 12.0. The van der Waals surface area contributed by atoms with Crippen LogP contribution in [0.15, 0.2) is 24.3 Å². The van der Waals surface area contributed by atoms with Crippen molar-refractivity contribution in [2.45, 2.75) is 26.3 Å². The lowest BCUT2D eigenvalue weighted by molar-refractivity contribution is -0.121. The molecule has 1 aromatic rings. The van der Waals surface area contributed by atoms with Crippen LogP contribution in [0, 0.1) is 6.92 Å². The van der Waals surface area contributed by atoms with Crippen molar-refractivity contribution >= 4 is 11.6 Å². The van der Waals surface area contributed by atoms with E-state index < -0.39 is 0 Å². The van der Waals surface area contributed by atoms with Crippen LogP contribution in [0.1, 0.15) is 18.9 Å². The molecular weight excluding hydrogens is 226 g/mol. The van der Waals surface area contributed by atoms with Gasteiger partial charge in [-0.3, -0.25) is 4.79 Å². The van der Waals surface area contributed by atoms with Crippen LogP contribution in [-0.2, 0) is 4.79 Å². The van der Waals surface area contributed by atoms with Crippen molar-refractivity contribution in [2.24, 2.45) is 5.73 Å². The van der Waals surface area contributed by atoms with Gasteiger partial charge in [-0.2, -0.15) is 0 Å². The molecule has 4 nitrogen and oxygen atoms in total. The molecule has 0 saturated carbocycles. The summed E-state index contributed by atoms with van der Waals surface area (Å²) in [4.78, 5) is 13.9. The van der Waals surface area contributed by atoms with Crippen molar-refractivity contribution in [1.29, 1.82) is 0 Å². The maximum absolute atomic E-state index is 11.8. The van der Waals surface area contributed by atoms with Crippen LogP contribution in [0.3, 0.4) is 0 Å². The first-order valence-electron chi connectivity index (χ1n) is 6.35. The lowest BCUT2D eigenvalue weighted by Gasteiger charge is -2.30. The van der Waals surface area contributed by atoms with Crippen molar-refractivity contribution in [3.05, 3.63) is 29.8 Å². The van der Waals surface area contributed by atoms with Gasteiger partial charge in [0.25, 0.3) is 0 Å². The average molecular weight is 249 g/mol. The first kappa shape index (κ1) is 14.5. The summed E-state index contributed by atoms with van der Waals surface area (Å²) in [7, 11) is 1.66. The Balaban J connectivity index is 2.89. The van der Waals surface area contributed by atoms with E-state index in [9.17, 15) is 4.79 Å². The summed E-state index contributed by atoms with van der Waals surface area (Å²) in [5.74, 6) is 0.0209. The number of benzene rings is 1. The van der Waals surface area contributed by atoms with Gasteiger partial charge < -0.3 is 16.0 Å². The van der Waals surface area contributed by atoms with E-state index in [4.69, 9.17) is 5.73 Å². The van der Waals surface area contributed by atoms with Gasteiger partial charge in [-0.25, -0.2) is 0 Å². The Hall–Kier alpha value is -1.55. The third kappa shape index (κ3) is 3.74. The smallest absolute Gasteiger partial charge is 0.242 e. The van der Waals surface area contributed by atoms with Gasteiger partial charge in [-0.05, 0) is 38.9 Å². The number of nitrogens with one attached hydrogen (secondary N) is 1. The highest BCUT2D eigenvalue weighted by atomic mass is 16.2. The number of carbonyl (C=O) groups is 1. The number of likely N-dealkylation sites (N-methyl/N-ethyl adjacent to an activating group) is 1. The predicted molar refractivity (Wildman–Crippen MR) is 75.7 cm³/mol. The zero-order valence-corrected chi connectivity index (χ0v) is 11.4. The second-order valence-electron chi connectivity index (χ2n) is 4.46. The van der Waals surface area contributed by atoms with E-state index >= 15 is 0 Å². The topological polar surface area (TPSA) is 58.4 Å². The zero-order chi connectivity index (χ0) is 13.5. The SMILES string of the molecule is CNC(=O)C(C)N(CCCN)c1ccc(C)cc1. The number of carbonyl (C=O) groups excluding carboxylic acids is 1. The lowest BCUT2D eigenvalue weighted by atomic mass is 10.1.